The Balaban J connectivity index is 3.77. The first-order valence-corrected chi connectivity index (χ1v) is 6.04. The van der Waals surface area contributed by atoms with Crippen LogP contribution in [0.25, 0.3) is 5.57 Å². The zero-order chi connectivity index (χ0) is 17.3. The van der Waals surface area contributed by atoms with Gasteiger partial charge in [-0.2, -0.15) is 31.4 Å². The minimum Gasteiger partial charge on any atom is -0.478 e. The predicted octanol–water partition coefficient (Wildman–Crippen LogP) is 3.73. The Morgan fingerprint density at radius 3 is 2.14 bits per heavy atom. The molecule has 0 saturated heterocycles. The van der Waals surface area contributed by atoms with Crippen molar-refractivity contribution in [3.8, 4) is 0 Å². The number of aliphatic carboxylic acids is 1. The lowest BCUT2D eigenvalue weighted by molar-refractivity contribution is -0.144. The number of allylic oxidation sites excluding steroid dienone is 1. The van der Waals surface area contributed by atoms with E-state index in [0.717, 1.165) is 7.05 Å². The highest BCUT2D eigenvalue weighted by Gasteiger charge is 2.46. The fourth-order valence-corrected chi connectivity index (χ4v) is 2.04. The Hall–Kier alpha value is -2.00. The number of hydrogen-bond donors (Lipinski definition) is 1. The van der Waals surface area contributed by atoms with Crippen molar-refractivity contribution in [2.75, 3.05) is 0 Å². The first kappa shape index (κ1) is 18.1. The number of aryl methyl sites for hydroxylation is 1. The normalized spacial score (nSPS) is 13.5. The third-order valence-electron chi connectivity index (χ3n) is 2.72. The van der Waals surface area contributed by atoms with Gasteiger partial charge in [0.25, 0.3) is 0 Å². The molecule has 0 atom stereocenters. The summed E-state index contributed by atoms with van der Waals surface area (Å²) in [5, 5.41) is 11.6. The van der Waals surface area contributed by atoms with Crippen LogP contribution in [0.2, 0.25) is 0 Å². The molecule has 1 heterocycles. The lowest BCUT2D eigenvalue weighted by Gasteiger charge is -2.13. The summed E-state index contributed by atoms with van der Waals surface area (Å²) in [6.45, 7) is 1.51. The molecule has 1 rings (SSSR count). The highest BCUT2D eigenvalue weighted by atomic mass is 19.4. The minimum absolute atomic E-state index is 0.0729. The first-order chi connectivity index (χ1) is 9.89. The van der Waals surface area contributed by atoms with Crippen molar-refractivity contribution in [2.45, 2.75) is 32.1 Å². The molecule has 0 saturated carbocycles. The Labute approximate surface area is 121 Å². The van der Waals surface area contributed by atoms with E-state index in [1.54, 1.807) is 0 Å². The Bertz CT molecular complexity index is 598. The Morgan fingerprint density at radius 2 is 1.77 bits per heavy atom. The Morgan fingerprint density at radius 1 is 1.23 bits per heavy atom. The van der Waals surface area contributed by atoms with Crippen LogP contribution in [-0.2, 0) is 24.2 Å². The zero-order valence-electron chi connectivity index (χ0n) is 11.5. The second-order valence-electron chi connectivity index (χ2n) is 4.45. The average molecular weight is 330 g/mol. The van der Waals surface area contributed by atoms with E-state index in [-0.39, 0.29) is 17.5 Å². The van der Waals surface area contributed by atoms with Crippen molar-refractivity contribution in [3.63, 3.8) is 0 Å². The SMILES string of the molecule is CCC/C(=C\C(=O)O)c1c(C(F)(F)F)nn(C)c1C(F)(F)F. The van der Waals surface area contributed by atoms with Crippen molar-refractivity contribution in [2.24, 2.45) is 7.05 Å². The van der Waals surface area contributed by atoms with E-state index in [2.05, 4.69) is 5.10 Å². The molecule has 0 aliphatic heterocycles. The van der Waals surface area contributed by atoms with Gasteiger partial charge in [-0.05, 0) is 12.0 Å². The van der Waals surface area contributed by atoms with Crippen molar-refractivity contribution in [3.05, 3.63) is 23.0 Å². The molecule has 10 heteroatoms. The number of hydrogen-bond acceptors (Lipinski definition) is 2. The topological polar surface area (TPSA) is 55.1 Å². The van der Waals surface area contributed by atoms with E-state index in [1.807, 2.05) is 0 Å². The largest absolute Gasteiger partial charge is 0.478 e. The summed E-state index contributed by atoms with van der Waals surface area (Å²) in [6.07, 6.45) is -9.98. The van der Waals surface area contributed by atoms with E-state index in [4.69, 9.17) is 5.11 Å². The number of rotatable bonds is 4. The minimum atomic E-state index is -5.14. The average Bonchev–Trinajstić information content (AvgIpc) is 2.65. The summed E-state index contributed by atoms with van der Waals surface area (Å²) < 4.78 is 78.1. The van der Waals surface area contributed by atoms with Crippen LogP contribution in [0.1, 0.15) is 36.7 Å². The number of carbonyl (C=O) groups is 1. The molecule has 0 aliphatic carbocycles. The van der Waals surface area contributed by atoms with Gasteiger partial charge in [-0.3, -0.25) is 4.68 Å². The van der Waals surface area contributed by atoms with Gasteiger partial charge in [0, 0.05) is 18.7 Å². The second kappa shape index (κ2) is 6.01. The first-order valence-electron chi connectivity index (χ1n) is 6.04. The lowest BCUT2D eigenvalue weighted by atomic mass is 9.97. The zero-order valence-corrected chi connectivity index (χ0v) is 11.5. The lowest BCUT2D eigenvalue weighted by Crippen LogP contribution is -2.15. The van der Waals surface area contributed by atoms with Crippen LogP contribution in [0, 0.1) is 0 Å². The second-order valence-corrected chi connectivity index (χ2v) is 4.45. The maximum absolute atomic E-state index is 13.0. The number of carboxylic acids is 1. The smallest absolute Gasteiger partial charge is 0.435 e. The van der Waals surface area contributed by atoms with Crippen LogP contribution in [0.5, 0.6) is 0 Å². The van der Waals surface area contributed by atoms with Gasteiger partial charge in [0.1, 0.15) is 5.69 Å². The van der Waals surface area contributed by atoms with Gasteiger partial charge in [0.05, 0.1) is 0 Å². The molecular formula is C12H12F6N2O2. The summed E-state index contributed by atoms with van der Waals surface area (Å²) >= 11 is 0. The van der Waals surface area contributed by atoms with Gasteiger partial charge in [0.15, 0.2) is 5.69 Å². The van der Waals surface area contributed by atoms with Gasteiger partial charge in [-0.15, -0.1) is 0 Å². The fourth-order valence-electron chi connectivity index (χ4n) is 2.04. The van der Waals surface area contributed by atoms with E-state index in [1.165, 1.54) is 6.92 Å². The molecule has 1 aromatic rings. The fraction of sp³-hybridized carbons (Fsp3) is 0.500. The molecule has 1 N–H and O–H groups in total. The molecule has 0 amide bonds. The molecule has 4 nitrogen and oxygen atoms in total. The molecule has 22 heavy (non-hydrogen) atoms. The van der Waals surface area contributed by atoms with Crippen LogP contribution < -0.4 is 0 Å². The van der Waals surface area contributed by atoms with E-state index in [9.17, 15) is 31.1 Å². The number of nitrogens with zero attached hydrogens (tertiary/aromatic N) is 2. The predicted molar refractivity (Wildman–Crippen MR) is 63.7 cm³/mol. The van der Waals surface area contributed by atoms with Crippen molar-refractivity contribution in [1.29, 1.82) is 0 Å². The third kappa shape index (κ3) is 3.80. The van der Waals surface area contributed by atoms with Gasteiger partial charge in [-0.1, -0.05) is 13.3 Å². The monoisotopic (exact) mass is 330 g/mol. The molecule has 0 radical (unpaired) electrons. The summed E-state index contributed by atoms with van der Waals surface area (Å²) in [5.74, 6) is -1.63. The Kier molecular flexibility index (Phi) is 4.93. The summed E-state index contributed by atoms with van der Waals surface area (Å²) in [7, 11) is 0.728. The number of halogens is 6. The van der Waals surface area contributed by atoms with Crippen molar-refractivity contribution < 1.29 is 36.2 Å². The molecule has 0 fully saturated rings. The molecule has 0 unspecified atom stereocenters. The van der Waals surface area contributed by atoms with Gasteiger partial charge in [-0.25, -0.2) is 4.79 Å². The van der Waals surface area contributed by atoms with Crippen LogP contribution in [0.3, 0.4) is 0 Å². The standard InChI is InChI=1S/C12H12F6N2O2/c1-3-4-6(5-7(21)22)8-9(11(13,14)15)19-20(2)10(8)12(16,17)18/h5H,3-4H2,1-2H3,(H,21,22)/b6-5+. The van der Waals surface area contributed by atoms with E-state index >= 15 is 0 Å². The van der Waals surface area contributed by atoms with Crippen molar-refractivity contribution >= 4 is 11.5 Å². The maximum Gasteiger partial charge on any atom is 0.435 e. The highest BCUT2D eigenvalue weighted by Crippen LogP contribution is 2.42. The summed E-state index contributed by atoms with van der Waals surface area (Å²) in [5.41, 5.74) is -5.17. The van der Waals surface area contributed by atoms with Gasteiger partial charge >= 0.3 is 18.3 Å². The number of carboxylic acid groups (broad SMARTS) is 1. The van der Waals surface area contributed by atoms with E-state index < -0.39 is 40.8 Å². The quantitative estimate of drug-likeness (QED) is 0.676. The molecular weight excluding hydrogens is 318 g/mol. The summed E-state index contributed by atoms with van der Waals surface area (Å²) in [6, 6.07) is 0. The van der Waals surface area contributed by atoms with Crippen LogP contribution in [0.15, 0.2) is 6.08 Å². The van der Waals surface area contributed by atoms with Crippen molar-refractivity contribution in [1.82, 2.24) is 9.78 Å². The number of aromatic nitrogens is 2. The van der Waals surface area contributed by atoms with Crippen LogP contribution in [-0.4, -0.2) is 20.9 Å². The van der Waals surface area contributed by atoms with Crippen LogP contribution in [0.4, 0.5) is 26.3 Å². The molecule has 0 spiro atoms. The molecule has 124 valence electrons. The van der Waals surface area contributed by atoms with Crippen LogP contribution >= 0.6 is 0 Å². The van der Waals surface area contributed by atoms with Gasteiger partial charge < -0.3 is 5.11 Å². The molecule has 0 aliphatic rings. The highest BCUT2D eigenvalue weighted by molar-refractivity contribution is 5.91. The van der Waals surface area contributed by atoms with Gasteiger partial charge in [0.2, 0.25) is 0 Å². The molecule has 1 aromatic heterocycles. The third-order valence-corrected chi connectivity index (χ3v) is 2.72. The molecule has 0 aromatic carbocycles. The number of alkyl halides is 6. The van der Waals surface area contributed by atoms with E-state index in [0.29, 0.717) is 6.08 Å². The maximum atomic E-state index is 13.0. The molecule has 0 bridgehead atoms. The summed E-state index contributed by atoms with van der Waals surface area (Å²) in [4.78, 5) is 10.7.